The number of aliphatic hydroxyl groups is 2. The van der Waals surface area contributed by atoms with E-state index < -0.39 is 45.8 Å². The van der Waals surface area contributed by atoms with Crippen LogP contribution in [0.1, 0.15) is 200 Å². The monoisotopic (exact) mass is 813 g/mol. The number of phosphoric acid groups is 1. The molecule has 0 bridgehead atoms. The zero-order valence-electron chi connectivity index (χ0n) is 35.8. The first-order chi connectivity index (χ1) is 27.3. The Labute approximate surface area is 343 Å². The van der Waals surface area contributed by atoms with Crippen molar-refractivity contribution in [2.24, 2.45) is 0 Å². The second-order valence-electron chi connectivity index (χ2n) is 15.1. The molecule has 0 aliphatic carbocycles. The number of phosphoric ester groups is 1. The Morgan fingerprint density at radius 3 is 1.48 bits per heavy atom. The van der Waals surface area contributed by atoms with Gasteiger partial charge in [-0.3, -0.25) is 13.8 Å². The van der Waals surface area contributed by atoms with E-state index in [-0.39, 0.29) is 13.0 Å². The van der Waals surface area contributed by atoms with Crippen molar-refractivity contribution in [2.45, 2.75) is 212 Å². The quantitative estimate of drug-likeness (QED) is 0.0181. The summed E-state index contributed by atoms with van der Waals surface area (Å²) in [6, 6.07) is 0. The summed E-state index contributed by atoms with van der Waals surface area (Å²) in [5, 5.41) is 18.3. The number of carbonyl (C=O) groups excluding carboxylic acids is 1. The normalized spacial score (nSPS) is 14.4. The smallest absolute Gasteiger partial charge is 0.472 e. The van der Waals surface area contributed by atoms with Crippen LogP contribution in [0.25, 0.3) is 0 Å². The highest BCUT2D eigenvalue weighted by atomic mass is 31.2. The lowest BCUT2D eigenvalue weighted by Crippen LogP contribution is -2.28. The lowest BCUT2D eigenvalue weighted by Gasteiger charge is -2.20. The van der Waals surface area contributed by atoms with Gasteiger partial charge in [-0.1, -0.05) is 172 Å². The van der Waals surface area contributed by atoms with E-state index in [1.165, 1.54) is 122 Å². The maximum Gasteiger partial charge on any atom is 0.472 e. The van der Waals surface area contributed by atoms with Gasteiger partial charge in [-0.2, -0.15) is 0 Å². The SMILES string of the molecule is CCCCC/C=C\C/C=C\C/C=C\CCCCCCC(=O)O[C@H](CO/C=C\CCCCCCCCCCCCCCCCCC)COP(=O)(O)OC[C@@H](O)CO. The summed E-state index contributed by atoms with van der Waals surface area (Å²) in [4.78, 5) is 22.6. The lowest BCUT2D eigenvalue weighted by molar-refractivity contribution is -0.153. The van der Waals surface area contributed by atoms with E-state index in [0.717, 1.165) is 51.4 Å². The molecular formula is C46H85O9P. The van der Waals surface area contributed by atoms with Crippen molar-refractivity contribution in [3.05, 3.63) is 48.8 Å². The molecule has 0 aliphatic heterocycles. The van der Waals surface area contributed by atoms with Gasteiger partial charge in [-0.25, -0.2) is 4.57 Å². The van der Waals surface area contributed by atoms with Crippen molar-refractivity contribution in [3.63, 3.8) is 0 Å². The first kappa shape index (κ1) is 54.3. The highest BCUT2D eigenvalue weighted by Gasteiger charge is 2.26. The minimum atomic E-state index is -4.54. The van der Waals surface area contributed by atoms with Gasteiger partial charge in [-0.15, -0.1) is 0 Å². The highest BCUT2D eigenvalue weighted by Crippen LogP contribution is 2.43. The maximum absolute atomic E-state index is 12.6. The van der Waals surface area contributed by atoms with Gasteiger partial charge >= 0.3 is 13.8 Å². The van der Waals surface area contributed by atoms with E-state index in [4.69, 9.17) is 23.6 Å². The molecule has 0 amide bonds. The van der Waals surface area contributed by atoms with E-state index in [9.17, 15) is 19.4 Å². The molecule has 0 aromatic rings. The molecule has 0 spiro atoms. The summed E-state index contributed by atoms with van der Waals surface area (Å²) in [7, 11) is -4.54. The molecule has 0 rings (SSSR count). The van der Waals surface area contributed by atoms with Crippen molar-refractivity contribution < 1.29 is 43.0 Å². The van der Waals surface area contributed by atoms with Crippen molar-refractivity contribution in [1.82, 2.24) is 0 Å². The van der Waals surface area contributed by atoms with E-state index in [1.54, 1.807) is 6.26 Å². The molecule has 1 unspecified atom stereocenters. The van der Waals surface area contributed by atoms with E-state index in [0.29, 0.717) is 6.42 Å². The molecule has 0 saturated heterocycles. The predicted molar refractivity (Wildman–Crippen MR) is 232 cm³/mol. The lowest BCUT2D eigenvalue weighted by atomic mass is 10.0. The van der Waals surface area contributed by atoms with Gasteiger partial charge in [0.25, 0.3) is 0 Å². The predicted octanol–water partition coefficient (Wildman–Crippen LogP) is 12.9. The van der Waals surface area contributed by atoms with Crippen LogP contribution >= 0.6 is 7.82 Å². The third kappa shape index (κ3) is 41.9. The molecule has 0 heterocycles. The summed E-state index contributed by atoms with van der Waals surface area (Å²) < 4.78 is 33.1. The summed E-state index contributed by atoms with van der Waals surface area (Å²) >= 11 is 0. The third-order valence-electron chi connectivity index (χ3n) is 9.58. The van der Waals surface area contributed by atoms with Crippen molar-refractivity contribution >= 4 is 13.8 Å². The van der Waals surface area contributed by atoms with E-state index in [1.807, 2.05) is 6.08 Å². The number of allylic oxidation sites excluding steroid dienone is 7. The fraction of sp³-hybridized carbons (Fsp3) is 0.804. The summed E-state index contributed by atoms with van der Waals surface area (Å²) in [5.41, 5.74) is 0. The van der Waals surface area contributed by atoms with Gasteiger partial charge in [0.2, 0.25) is 0 Å². The molecule has 0 aliphatic rings. The number of hydrogen-bond donors (Lipinski definition) is 3. The number of rotatable bonds is 43. The number of carbonyl (C=O) groups is 1. The first-order valence-electron chi connectivity index (χ1n) is 22.7. The van der Waals surface area contributed by atoms with Gasteiger partial charge in [0, 0.05) is 6.42 Å². The second kappa shape index (κ2) is 42.9. The molecule has 0 radical (unpaired) electrons. The van der Waals surface area contributed by atoms with Crippen LogP contribution < -0.4 is 0 Å². The molecule has 3 atom stereocenters. The molecule has 10 heteroatoms. The zero-order chi connectivity index (χ0) is 41.1. The molecule has 0 saturated carbocycles. The molecule has 3 N–H and O–H groups in total. The van der Waals surface area contributed by atoms with Crippen LogP contribution in [0.3, 0.4) is 0 Å². The molecule has 9 nitrogen and oxygen atoms in total. The van der Waals surface area contributed by atoms with Crippen molar-refractivity contribution in [2.75, 3.05) is 26.4 Å². The van der Waals surface area contributed by atoms with Crippen LogP contribution in [-0.2, 0) is 27.9 Å². The van der Waals surface area contributed by atoms with E-state index in [2.05, 4.69) is 50.3 Å². The van der Waals surface area contributed by atoms with Crippen LogP contribution in [0.4, 0.5) is 0 Å². The molecule has 0 aromatic heterocycles. The fourth-order valence-corrected chi connectivity index (χ4v) is 6.88. The largest absolute Gasteiger partial charge is 0.498 e. The summed E-state index contributed by atoms with van der Waals surface area (Å²) in [6.45, 7) is 2.84. The van der Waals surface area contributed by atoms with Gasteiger partial charge in [0.05, 0.1) is 26.1 Å². The average molecular weight is 813 g/mol. The molecule has 0 aromatic carbocycles. The van der Waals surface area contributed by atoms with Gasteiger partial charge < -0.3 is 24.6 Å². The summed E-state index contributed by atoms with van der Waals surface area (Å²) in [6.07, 6.45) is 48.7. The molecular weight excluding hydrogens is 727 g/mol. The van der Waals surface area contributed by atoms with Crippen LogP contribution in [-0.4, -0.2) is 59.7 Å². The van der Waals surface area contributed by atoms with Gasteiger partial charge in [-0.05, 0) is 63.9 Å². The Hall–Kier alpha value is -1.74. The van der Waals surface area contributed by atoms with Crippen molar-refractivity contribution in [3.8, 4) is 0 Å². The minimum Gasteiger partial charge on any atom is -0.498 e. The minimum absolute atomic E-state index is 0.0439. The van der Waals surface area contributed by atoms with Crippen molar-refractivity contribution in [1.29, 1.82) is 0 Å². The van der Waals surface area contributed by atoms with Crippen LogP contribution in [0.2, 0.25) is 0 Å². The van der Waals surface area contributed by atoms with Crippen LogP contribution in [0.15, 0.2) is 48.8 Å². The Bertz CT molecular complexity index is 1010. The number of ether oxygens (including phenoxy) is 2. The Morgan fingerprint density at radius 1 is 0.554 bits per heavy atom. The van der Waals surface area contributed by atoms with Crippen LogP contribution in [0, 0.1) is 0 Å². The summed E-state index contributed by atoms with van der Waals surface area (Å²) in [5.74, 6) is -0.425. The Balaban J connectivity index is 4.24. The third-order valence-corrected chi connectivity index (χ3v) is 10.5. The number of aliphatic hydroxyl groups excluding tert-OH is 2. The van der Waals surface area contributed by atoms with E-state index >= 15 is 0 Å². The number of unbranched alkanes of at least 4 members (excludes halogenated alkanes) is 23. The van der Waals surface area contributed by atoms with Gasteiger partial charge in [0.1, 0.15) is 12.7 Å². The molecule has 0 fully saturated rings. The molecule has 328 valence electrons. The van der Waals surface area contributed by atoms with Gasteiger partial charge in [0.15, 0.2) is 6.10 Å². The second-order valence-corrected chi connectivity index (χ2v) is 16.6. The Kier molecular flexibility index (Phi) is 41.5. The van der Waals surface area contributed by atoms with Crippen LogP contribution in [0.5, 0.6) is 0 Å². The molecule has 56 heavy (non-hydrogen) atoms. The standard InChI is InChI=1S/C46H85O9P/c1-3-5-7-9-11-13-15-17-19-21-23-25-27-29-31-33-35-37-39-52-42-45(43-54-56(50,51)53-41-44(48)40-47)55-46(49)38-36-34-32-30-28-26-24-22-20-18-16-14-12-10-8-6-4-2/h12,14,18,20,24,26,37,39,44-45,47-48H,3-11,13,15-17,19,21-23,25,27-36,38,40-43H2,1-2H3,(H,50,51)/b14-12-,20-18-,26-24-,39-37-/t44-,45+/m0/s1. The highest BCUT2D eigenvalue weighted by molar-refractivity contribution is 7.47. The first-order valence-corrected chi connectivity index (χ1v) is 24.2. The Morgan fingerprint density at radius 2 is 0.964 bits per heavy atom. The average Bonchev–Trinajstić information content (AvgIpc) is 3.19. The number of hydrogen-bond acceptors (Lipinski definition) is 8. The topological polar surface area (TPSA) is 132 Å². The zero-order valence-corrected chi connectivity index (χ0v) is 36.7. The fourth-order valence-electron chi connectivity index (χ4n) is 6.09. The number of esters is 1. The maximum atomic E-state index is 12.6.